The Bertz CT molecular complexity index is 3160. The van der Waals surface area contributed by atoms with Crippen molar-refractivity contribution in [2.75, 3.05) is 0 Å². The Balaban J connectivity index is 1.15. The first-order valence-electron chi connectivity index (χ1n) is 17.7. The molecule has 4 aromatic heterocycles. The van der Waals surface area contributed by atoms with Crippen molar-refractivity contribution in [3.05, 3.63) is 182 Å². The number of rotatable bonds is 4. The molecule has 0 fully saturated rings. The molecule has 0 bridgehead atoms. The Morgan fingerprint density at radius 3 is 1.73 bits per heavy atom. The van der Waals surface area contributed by atoms with Crippen molar-refractivity contribution in [1.29, 1.82) is 0 Å². The summed E-state index contributed by atoms with van der Waals surface area (Å²) in [6, 6.07) is 60.8. The summed E-state index contributed by atoms with van der Waals surface area (Å²) >= 11 is 0. The van der Waals surface area contributed by atoms with Crippen molar-refractivity contribution in [2.45, 2.75) is 0 Å². The van der Waals surface area contributed by atoms with Gasteiger partial charge in [-0.25, -0.2) is 0 Å². The third-order valence-corrected chi connectivity index (χ3v) is 10.6. The fourth-order valence-corrected chi connectivity index (χ4v) is 8.19. The van der Waals surface area contributed by atoms with E-state index in [0.29, 0.717) is 0 Å². The van der Waals surface area contributed by atoms with Gasteiger partial charge in [0.15, 0.2) is 0 Å². The molecule has 0 N–H and O–H groups in total. The molecule has 7 aromatic carbocycles. The summed E-state index contributed by atoms with van der Waals surface area (Å²) in [6.45, 7) is 0. The molecule has 0 aliphatic heterocycles. The molecule has 11 rings (SSSR count). The van der Waals surface area contributed by atoms with Crippen molar-refractivity contribution in [3.8, 4) is 33.6 Å². The summed E-state index contributed by atoms with van der Waals surface area (Å²) in [7, 11) is 0. The van der Waals surface area contributed by atoms with Crippen molar-refractivity contribution in [3.63, 3.8) is 0 Å². The highest BCUT2D eigenvalue weighted by Gasteiger charge is 2.19. The number of aromatic nitrogens is 4. The fourth-order valence-electron chi connectivity index (χ4n) is 8.19. The molecule has 0 atom stereocenters. The van der Waals surface area contributed by atoms with Gasteiger partial charge in [0.2, 0.25) is 0 Å². The van der Waals surface area contributed by atoms with E-state index in [2.05, 4.69) is 179 Å². The standard InChI is InChI=1S/C48H30N4/c1-3-11-31(12-4-1)32-19-23-36(24-20-32)51-44-26-22-33(27-40(44)47-38-15-7-9-17-42(38)50-30-46(47)51)34-21-25-37-41-29-49-43-18-10-8-16-39(43)48(41)52(45(37)28-34)35-13-5-2-6-14-35/h1-30H. The van der Waals surface area contributed by atoms with E-state index in [0.717, 1.165) is 60.7 Å². The lowest BCUT2D eigenvalue weighted by atomic mass is 10.00. The van der Waals surface area contributed by atoms with Gasteiger partial charge in [0.05, 0.1) is 39.3 Å². The number of fused-ring (bicyclic) bond motifs is 10. The Morgan fingerprint density at radius 1 is 0.327 bits per heavy atom. The monoisotopic (exact) mass is 662 g/mol. The smallest absolute Gasteiger partial charge is 0.0730 e. The molecule has 4 nitrogen and oxygen atoms in total. The van der Waals surface area contributed by atoms with Gasteiger partial charge < -0.3 is 9.13 Å². The largest absolute Gasteiger partial charge is 0.308 e. The second-order valence-corrected chi connectivity index (χ2v) is 13.5. The van der Waals surface area contributed by atoms with E-state index in [9.17, 15) is 0 Å². The van der Waals surface area contributed by atoms with E-state index in [1.54, 1.807) is 0 Å². The fraction of sp³-hybridized carbons (Fsp3) is 0. The lowest BCUT2D eigenvalue weighted by Crippen LogP contribution is -1.95. The Labute approximate surface area is 299 Å². The lowest BCUT2D eigenvalue weighted by molar-refractivity contribution is 1.17. The topological polar surface area (TPSA) is 35.6 Å². The number of hydrogen-bond donors (Lipinski definition) is 0. The third kappa shape index (κ3) is 4.28. The van der Waals surface area contributed by atoms with Crippen LogP contribution in [0.15, 0.2) is 182 Å². The molecule has 0 aliphatic carbocycles. The Hall–Kier alpha value is -7.04. The highest BCUT2D eigenvalue weighted by atomic mass is 15.0. The zero-order chi connectivity index (χ0) is 34.2. The molecule has 52 heavy (non-hydrogen) atoms. The third-order valence-electron chi connectivity index (χ3n) is 10.6. The average molecular weight is 663 g/mol. The Kier molecular flexibility index (Phi) is 6.22. The quantitative estimate of drug-likeness (QED) is 0.188. The zero-order valence-electron chi connectivity index (χ0n) is 28.1. The van der Waals surface area contributed by atoms with E-state index in [-0.39, 0.29) is 0 Å². The first-order chi connectivity index (χ1) is 25.8. The first kappa shape index (κ1) is 28.8. The molecule has 4 heteroatoms. The van der Waals surface area contributed by atoms with Gasteiger partial charge >= 0.3 is 0 Å². The second-order valence-electron chi connectivity index (χ2n) is 13.5. The highest BCUT2D eigenvalue weighted by molar-refractivity contribution is 6.21. The summed E-state index contributed by atoms with van der Waals surface area (Å²) < 4.78 is 4.76. The number of hydrogen-bond acceptors (Lipinski definition) is 2. The zero-order valence-corrected chi connectivity index (χ0v) is 28.1. The van der Waals surface area contributed by atoms with Crippen molar-refractivity contribution >= 4 is 65.4 Å². The summed E-state index contributed by atoms with van der Waals surface area (Å²) in [4.78, 5) is 9.78. The molecule has 0 aliphatic rings. The maximum atomic E-state index is 4.92. The molecule has 0 radical (unpaired) electrons. The molecule has 11 aromatic rings. The normalized spacial score (nSPS) is 11.8. The van der Waals surface area contributed by atoms with Crippen LogP contribution in [0.4, 0.5) is 0 Å². The first-order valence-corrected chi connectivity index (χ1v) is 17.7. The number of para-hydroxylation sites is 3. The van der Waals surface area contributed by atoms with E-state index in [1.807, 2.05) is 12.4 Å². The summed E-state index contributed by atoms with van der Waals surface area (Å²) in [5, 5.41) is 7.06. The van der Waals surface area contributed by atoms with Crippen LogP contribution in [0, 0.1) is 0 Å². The molecule has 4 heterocycles. The van der Waals surface area contributed by atoms with Gasteiger partial charge in [-0.2, -0.15) is 0 Å². The maximum absolute atomic E-state index is 4.92. The van der Waals surface area contributed by atoms with Crippen LogP contribution in [0.1, 0.15) is 0 Å². The maximum Gasteiger partial charge on any atom is 0.0730 e. The van der Waals surface area contributed by atoms with Crippen LogP contribution in [-0.2, 0) is 0 Å². The molecule has 0 unspecified atom stereocenters. The van der Waals surface area contributed by atoms with E-state index < -0.39 is 0 Å². The van der Waals surface area contributed by atoms with Crippen LogP contribution in [0.5, 0.6) is 0 Å². The Morgan fingerprint density at radius 2 is 0.923 bits per heavy atom. The lowest BCUT2D eigenvalue weighted by Gasteiger charge is -2.11. The van der Waals surface area contributed by atoms with Gasteiger partial charge in [-0.05, 0) is 76.9 Å². The van der Waals surface area contributed by atoms with Crippen LogP contribution in [0.2, 0.25) is 0 Å². The predicted octanol–water partition coefficient (Wildman–Crippen LogP) is 12.3. The van der Waals surface area contributed by atoms with E-state index >= 15 is 0 Å². The summed E-state index contributed by atoms with van der Waals surface area (Å²) in [6.07, 6.45) is 4.07. The highest BCUT2D eigenvalue weighted by Crippen LogP contribution is 2.41. The van der Waals surface area contributed by atoms with Crippen LogP contribution in [0.25, 0.3) is 99.0 Å². The van der Waals surface area contributed by atoms with Crippen LogP contribution in [0.3, 0.4) is 0 Å². The van der Waals surface area contributed by atoms with Gasteiger partial charge in [-0.3, -0.25) is 9.97 Å². The minimum atomic E-state index is 0.994. The van der Waals surface area contributed by atoms with Gasteiger partial charge in [0.25, 0.3) is 0 Å². The number of pyridine rings is 2. The molecule has 0 saturated heterocycles. The average Bonchev–Trinajstić information content (AvgIpc) is 3.74. The molecular weight excluding hydrogens is 633 g/mol. The van der Waals surface area contributed by atoms with E-state index in [4.69, 9.17) is 9.97 Å². The number of benzene rings is 7. The number of nitrogens with zero attached hydrogens (tertiary/aromatic N) is 4. The van der Waals surface area contributed by atoms with Crippen LogP contribution >= 0.6 is 0 Å². The van der Waals surface area contributed by atoms with Gasteiger partial charge in [0.1, 0.15) is 0 Å². The molecular formula is C48H30N4. The predicted molar refractivity (Wildman–Crippen MR) is 217 cm³/mol. The van der Waals surface area contributed by atoms with Crippen molar-refractivity contribution < 1.29 is 0 Å². The summed E-state index contributed by atoms with van der Waals surface area (Å²) in [5.74, 6) is 0. The van der Waals surface area contributed by atoms with Crippen LogP contribution < -0.4 is 0 Å². The van der Waals surface area contributed by atoms with E-state index in [1.165, 1.54) is 38.4 Å². The van der Waals surface area contributed by atoms with Gasteiger partial charge in [0, 0.05) is 49.9 Å². The minimum absolute atomic E-state index is 0.994. The van der Waals surface area contributed by atoms with Gasteiger partial charge in [-0.15, -0.1) is 0 Å². The van der Waals surface area contributed by atoms with Crippen molar-refractivity contribution in [1.82, 2.24) is 19.1 Å². The summed E-state index contributed by atoms with van der Waals surface area (Å²) in [5.41, 5.74) is 13.6. The van der Waals surface area contributed by atoms with Crippen LogP contribution in [-0.4, -0.2) is 19.1 Å². The SMILES string of the molecule is c1ccc(-c2ccc(-n3c4ccc(-c5ccc6c7cnc8ccccc8c7n(-c7ccccc7)c6c5)cc4c4c5ccccc5ncc43)cc2)cc1. The molecule has 0 amide bonds. The second kappa shape index (κ2) is 11.2. The van der Waals surface area contributed by atoms with Gasteiger partial charge in [-0.1, -0.05) is 115 Å². The van der Waals surface area contributed by atoms with Crippen molar-refractivity contribution in [2.24, 2.45) is 0 Å². The molecule has 242 valence electrons. The molecule has 0 spiro atoms. The molecule has 0 saturated carbocycles. The minimum Gasteiger partial charge on any atom is -0.308 e.